The molecule has 0 saturated heterocycles. The molecule has 0 aliphatic carbocycles. The number of hydrogen-bond acceptors (Lipinski definition) is 4. The average Bonchev–Trinajstić information content (AvgIpc) is 2.99. The monoisotopic (exact) mass is 280 g/mol. The summed E-state index contributed by atoms with van der Waals surface area (Å²) in [6, 6.07) is 16.9. The van der Waals surface area contributed by atoms with Crippen molar-refractivity contribution in [1.29, 1.82) is 0 Å². The fourth-order valence-electron chi connectivity index (χ4n) is 2.34. The molecule has 1 unspecified atom stereocenters. The van der Waals surface area contributed by atoms with Crippen LogP contribution in [-0.2, 0) is 0 Å². The van der Waals surface area contributed by atoms with Crippen molar-refractivity contribution in [2.45, 2.75) is 19.3 Å². The number of nitrogens with zero attached hydrogens (tertiary/aromatic N) is 2. The summed E-state index contributed by atoms with van der Waals surface area (Å²) in [5.74, 6) is 1.48. The molecule has 0 amide bonds. The van der Waals surface area contributed by atoms with Gasteiger partial charge in [0, 0.05) is 5.56 Å². The summed E-state index contributed by atoms with van der Waals surface area (Å²) in [5.41, 5.74) is 1.99. The van der Waals surface area contributed by atoms with Gasteiger partial charge in [-0.25, -0.2) is 0 Å². The fourth-order valence-corrected chi connectivity index (χ4v) is 2.34. The molecule has 1 atom stereocenters. The molecule has 1 heterocycles. The van der Waals surface area contributed by atoms with Crippen LogP contribution in [0.3, 0.4) is 0 Å². The largest absolute Gasteiger partial charge is 0.508 e. The average molecular weight is 280 g/mol. The molecule has 4 nitrogen and oxygen atoms in total. The van der Waals surface area contributed by atoms with Gasteiger partial charge in [-0.2, -0.15) is 4.98 Å². The topological polar surface area (TPSA) is 59.2 Å². The van der Waals surface area contributed by atoms with Crippen LogP contribution in [0.25, 0.3) is 11.4 Å². The Kier molecular flexibility index (Phi) is 3.69. The van der Waals surface area contributed by atoms with Crippen molar-refractivity contribution in [1.82, 2.24) is 10.1 Å². The van der Waals surface area contributed by atoms with Crippen molar-refractivity contribution in [3.8, 4) is 17.1 Å². The summed E-state index contributed by atoms with van der Waals surface area (Å²) < 4.78 is 5.43. The molecule has 0 spiro atoms. The van der Waals surface area contributed by atoms with Gasteiger partial charge in [-0.3, -0.25) is 0 Å². The number of aromatic nitrogens is 2. The Morgan fingerprint density at radius 3 is 2.43 bits per heavy atom. The highest BCUT2D eigenvalue weighted by atomic mass is 16.5. The summed E-state index contributed by atoms with van der Waals surface area (Å²) in [7, 11) is 0. The second-order valence-corrected chi connectivity index (χ2v) is 4.87. The van der Waals surface area contributed by atoms with Gasteiger partial charge in [-0.1, -0.05) is 42.4 Å². The third-order valence-corrected chi connectivity index (χ3v) is 3.48. The molecule has 106 valence electrons. The Bertz CT molecular complexity index is 705. The number of benzene rings is 2. The number of rotatable bonds is 4. The summed E-state index contributed by atoms with van der Waals surface area (Å²) in [4.78, 5) is 4.50. The zero-order valence-corrected chi connectivity index (χ0v) is 11.7. The van der Waals surface area contributed by atoms with Gasteiger partial charge in [-0.15, -0.1) is 0 Å². The summed E-state index contributed by atoms with van der Waals surface area (Å²) in [6.45, 7) is 2.10. The predicted octanol–water partition coefficient (Wildman–Crippen LogP) is 3.98. The molecule has 2 aromatic carbocycles. The maximum Gasteiger partial charge on any atom is 0.234 e. The van der Waals surface area contributed by atoms with Gasteiger partial charge in [0.1, 0.15) is 5.75 Å². The van der Waals surface area contributed by atoms with Gasteiger partial charge < -0.3 is 9.63 Å². The molecule has 4 heteroatoms. The van der Waals surface area contributed by atoms with Gasteiger partial charge in [0.25, 0.3) is 0 Å². The van der Waals surface area contributed by atoms with E-state index in [2.05, 4.69) is 29.2 Å². The van der Waals surface area contributed by atoms with E-state index in [1.807, 2.05) is 18.2 Å². The Morgan fingerprint density at radius 1 is 1.05 bits per heavy atom. The Labute approximate surface area is 123 Å². The van der Waals surface area contributed by atoms with Crippen LogP contribution in [0.2, 0.25) is 0 Å². The van der Waals surface area contributed by atoms with Crippen molar-refractivity contribution in [3.05, 3.63) is 66.1 Å². The lowest BCUT2D eigenvalue weighted by Crippen LogP contribution is -1.99. The first-order valence-corrected chi connectivity index (χ1v) is 6.96. The highest BCUT2D eigenvalue weighted by Gasteiger charge is 2.19. The normalized spacial score (nSPS) is 12.2. The van der Waals surface area contributed by atoms with E-state index in [4.69, 9.17) is 4.52 Å². The molecule has 1 aromatic heterocycles. The molecule has 0 saturated carbocycles. The quantitative estimate of drug-likeness (QED) is 0.785. The van der Waals surface area contributed by atoms with E-state index in [0.29, 0.717) is 11.7 Å². The first-order valence-electron chi connectivity index (χ1n) is 6.96. The lowest BCUT2D eigenvalue weighted by molar-refractivity contribution is 0.363. The minimum Gasteiger partial charge on any atom is -0.508 e. The molecular weight excluding hydrogens is 264 g/mol. The predicted molar refractivity (Wildman–Crippen MR) is 80.0 cm³/mol. The van der Waals surface area contributed by atoms with Gasteiger partial charge in [0.15, 0.2) is 0 Å². The van der Waals surface area contributed by atoms with Crippen molar-refractivity contribution in [2.24, 2.45) is 0 Å². The van der Waals surface area contributed by atoms with Crippen LogP contribution in [0.4, 0.5) is 0 Å². The molecule has 3 aromatic rings. The second kappa shape index (κ2) is 5.79. The summed E-state index contributed by atoms with van der Waals surface area (Å²) in [6.07, 6.45) is 0.890. The van der Waals surface area contributed by atoms with Crippen molar-refractivity contribution >= 4 is 0 Å². The third kappa shape index (κ3) is 2.79. The molecule has 0 aliphatic rings. The van der Waals surface area contributed by atoms with E-state index in [1.165, 1.54) is 5.56 Å². The van der Waals surface area contributed by atoms with E-state index in [9.17, 15) is 5.11 Å². The molecule has 1 N–H and O–H groups in total. The van der Waals surface area contributed by atoms with Gasteiger partial charge in [0.2, 0.25) is 11.7 Å². The number of hydrogen-bond donors (Lipinski definition) is 1. The molecule has 21 heavy (non-hydrogen) atoms. The van der Waals surface area contributed by atoms with Crippen molar-refractivity contribution in [2.75, 3.05) is 0 Å². The van der Waals surface area contributed by atoms with E-state index in [1.54, 1.807) is 24.3 Å². The zero-order valence-electron chi connectivity index (χ0n) is 11.7. The highest BCUT2D eigenvalue weighted by molar-refractivity contribution is 5.55. The molecule has 0 aliphatic heterocycles. The highest BCUT2D eigenvalue weighted by Crippen LogP contribution is 2.28. The maximum atomic E-state index is 9.32. The molecule has 0 fully saturated rings. The fraction of sp³-hybridized carbons (Fsp3) is 0.176. The minimum absolute atomic E-state index is 0.101. The van der Waals surface area contributed by atoms with Gasteiger partial charge >= 0.3 is 0 Å². The maximum absolute atomic E-state index is 9.32. The molecular formula is C17H16N2O2. The van der Waals surface area contributed by atoms with E-state index in [-0.39, 0.29) is 11.7 Å². The lowest BCUT2D eigenvalue weighted by Gasteiger charge is -2.09. The Balaban J connectivity index is 1.92. The number of aromatic hydroxyl groups is 1. The smallest absolute Gasteiger partial charge is 0.234 e. The standard InChI is InChI=1S/C17H16N2O2/c1-2-15(12-6-4-3-5-7-12)17-18-16(19-21-17)13-8-10-14(20)11-9-13/h3-11,15,20H,2H2,1H3. The minimum atomic E-state index is 0.101. The van der Waals surface area contributed by atoms with Crippen LogP contribution in [0.15, 0.2) is 59.1 Å². The lowest BCUT2D eigenvalue weighted by atomic mass is 9.96. The van der Waals surface area contributed by atoms with Gasteiger partial charge in [0.05, 0.1) is 5.92 Å². The van der Waals surface area contributed by atoms with Crippen LogP contribution in [0, 0.1) is 0 Å². The molecule has 0 radical (unpaired) electrons. The third-order valence-electron chi connectivity index (χ3n) is 3.48. The first kappa shape index (κ1) is 13.4. The SMILES string of the molecule is CCC(c1ccccc1)c1nc(-c2ccc(O)cc2)no1. The van der Waals surface area contributed by atoms with Crippen molar-refractivity contribution in [3.63, 3.8) is 0 Å². The van der Waals surface area contributed by atoms with Crippen LogP contribution in [0.5, 0.6) is 5.75 Å². The van der Waals surface area contributed by atoms with Crippen LogP contribution in [-0.4, -0.2) is 15.2 Å². The van der Waals surface area contributed by atoms with Crippen LogP contribution in [0.1, 0.15) is 30.7 Å². The van der Waals surface area contributed by atoms with Crippen molar-refractivity contribution < 1.29 is 9.63 Å². The van der Waals surface area contributed by atoms with E-state index >= 15 is 0 Å². The van der Waals surface area contributed by atoms with E-state index < -0.39 is 0 Å². The molecule has 3 rings (SSSR count). The van der Waals surface area contributed by atoms with E-state index in [0.717, 1.165) is 12.0 Å². The Morgan fingerprint density at radius 2 is 1.76 bits per heavy atom. The van der Waals surface area contributed by atoms with Gasteiger partial charge in [-0.05, 0) is 36.2 Å². The summed E-state index contributed by atoms with van der Waals surface area (Å²) >= 11 is 0. The van der Waals surface area contributed by atoms with Crippen LogP contribution >= 0.6 is 0 Å². The first-order chi connectivity index (χ1) is 10.3. The van der Waals surface area contributed by atoms with Crippen LogP contribution < -0.4 is 0 Å². The molecule has 0 bridgehead atoms. The zero-order chi connectivity index (χ0) is 14.7. The number of phenolic OH excluding ortho intramolecular Hbond substituents is 1. The number of phenols is 1. The Hall–Kier alpha value is -2.62. The summed E-state index contributed by atoms with van der Waals surface area (Å²) in [5, 5.41) is 13.4. The second-order valence-electron chi connectivity index (χ2n) is 4.87.